The quantitative estimate of drug-likeness (QED) is 0.826. The van der Waals surface area contributed by atoms with Crippen molar-refractivity contribution in [3.05, 3.63) is 51.8 Å². The second kappa shape index (κ2) is 4.97. The van der Waals surface area contributed by atoms with Gasteiger partial charge in [-0.2, -0.15) is 0 Å². The lowest BCUT2D eigenvalue weighted by molar-refractivity contribution is 0.396. The number of halogens is 1. The molecule has 2 aromatic heterocycles. The highest BCUT2D eigenvalue weighted by atomic mass is 35.5. The van der Waals surface area contributed by atoms with Crippen LogP contribution < -0.4 is 10.3 Å². The highest BCUT2D eigenvalue weighted by Crippen LogP contribution is 2.07. The van der Waals surface area contributed by atoms with E-state index in [2.05, 4.69) is 9.97 Å². The van der Waals surface area contributed by atoms with Gasteiger partial charge in [-0.1, -0.05) is 17.7 Å². The van der Waals surface area contributed by atoms with E-state index in [9.17, 15) is 4.79 Å². The summed E-state index contributed by atoms with van der Waals surface area (Å²) < 4.78 is 6.45. The minimum Gasteiger partial charge on any atom is -0.481 e. The van der Waals surface area contributed by atoms with Crippen LogP contribution in [0.25, 0.3) is 0 Å². The number of nitrogens with zero attached hydrogens (tertiary/aromatic N) is 3. The molecule has 0 bridgehead atoms. The van der Waals surface area contributed by atoms with Gasteiger partial charge < -0.3 is 9.30 Å². The predicted octanol–water partition coefficient (Wildman–Crippen LogP) is 1.35. The van der Waals surface area contributed by atoms with Gasteiger partial charge in [0.05, 0.1) is 19.3 Å². The van der Waals surface area contributed by atoms with Crippen molar-refractivity contribution in [2.75, 3.05) is 7.11 Å². The van der Waals surface area contributed by atoms with E-state index < -0.39 is 0 Å². The van der Waals surface area contributed by atoms with Crippen LogP contribution >= 0.6 is 11.6 Å². The zero-order chi connectivity index (χ0) is 12.3. The van der Waals surface area contributed by atoms with Crippen LogP contribution in [0.1, 0.15) is 5.69 Å². The van der Waals surface area contributed by atoms with Crippen LogP contribution in [0.15, 0.2) is 35.4 Å². The Morgan fingerprint density at radius 1 is 1.47 bits per heavy atom. The summed E-state index contributed by atoms with van der Waals surface area (Å²) in [6.07, 6.45) is 3.04. The molecule has 0 aliphatic rings. The molecule has 0 aliphatic heterocycles. The maximum atomic E-state index is 11.6. The van der Waals surface area contributed by atoms with Crippen LogP contribution in [0.5, 0.6) is 5.88 Å². The summed E-state index contributed by atoms with van der Waals surface area (Å²) in [4.78, 5) is 19.6. The Kier molecular flexibility index (Phi) is 3.39. The van der Waals surface area contributed by atoms with E-state index in [1.54, 1.807) is 19.4 Å². The van der Waals surface area contributed by atoms with Gasteiger partial charge in [0, 0.05) is 18.5 Å². The zero-order valence-corrected chi connectivity index (χ0v) is 9.89. The molecule has 0 saturated heterocycles. The maximum Gasteiger partial charge on any atom is 0.288 e. The zero-order valence-electron chi connectivity index (χ0n) is 9.13. The summed E-state index contributed by atoms with van der Waals surface area (Å²) in [6.45, 7) is 0.332. The number of rotatable bonds is 3. The van der Waals surface area contributed by atoms with Crippen molar-refractivity contribution in [3.8, 4) is 5.88 Å². The Labute approximate surface area is 103 Å². The summed E-state index contributed by atoms with van der Waals surface area (Å²) in [5, 5.41) is -0.0459. The van der Waals surface area contributed by atoms with Crippen LogP contribution in [0.2, 0.25) is 5.15 Å². The first-order valence-electron chi connectivity index (χ1n) is 4.91. The van der Waals surface area contributed by atoms with E-state index >= 15 is 0 Å². The number of hydrogen-bond donors (Lipinski definition) is 0. The van der Waals surface area contributed by atoms with Crippen molar-refractivity contribution in [2.45, 2.75) is 6.54 Å². The third kappa shape index (κ3) is 2.62. The van der Waals surface area contributed by atoms with Crippen LogP contribution in [0, 0.1) is 0 Å². The SMILES string of the molecule is COc1cccc(Cn2ccnc(Cl)c2=O)n1. The summed E-state index contributed by atoms with van der Waals surface area (Å²) in [5.74, 6) is 0.510. The monoisotopic (exact) mass is 251 g/mol. The number of ether oxygens (including phenoxy) is 1. The van der Waals surface area contributed by atoms with Gasteiger partial charge in [-0.05, 0) is 6.07 Å². The van der Waals surface area contributed by atoms with Crippen LogP contribution in [-0.4, -0.2) is 21.6 Å². The molecular weight excluding hydrogens is 242 g/mol. The number of methoxy groups -OCH3 is 1. The van der Waals surface area contributed by atoms with Gasteiger partial charge in [0.1, 0.15) is 0 Å². The molecule has 0 amide bonds. The summed E-state index contributed by atoms with van der Waals surface area (Å²) >= 11 is 5.65. The van der Waals surface area contributed by atoms with E-state index in [1.807, 2.05) is 12.1 Å². The molecule has 6 heteroatoms. The lowest BCUT2D eigenvalue weighted by atomic mass is 10.3. The normalized spacial score (nSPS) is 10.2. The number of pyridine rings is 1. The molecule has 0 spiro atoms. The molecule has 2 heterocycles. The van der Waals surface area contributed by atoms with Crippen LogP contribution in [-0.2, 0) is 6.54 Å². The summed E-state index contributed by atoms with van der Waals surface area (Å²) in [6, 6.07) is 5.37. The molecule has 2 aromatic rings. The van der Waals surface area contributed by atoms with E-state index in [-0.39, 0.29) is 10.7 Å². The van der Waals surface area contributed by atoms with E-state index in [0.29, 0.717) is 18.1 Å². The summed E-state index contributed by atoms with van der Waals surface area (Å²) in [7, 11) is 1.54. The molecular formula is C11H10ClN3O2. The Morgan fingerprint density at radius 2 is 2.29 bits per heavy atom. The fourth-order valence-corrected chi connectivity index (χ4v) is 1.54. The van der Waals surface area contributed by atoms with Gasteiger partial charge >= 0.3 is 0 Å². The Morgan fingerprint density at radius 3 is 3.06 bits per heavy atom. The number of aromatic nitrogens is 3. The van der Waals surface area contributed by atoms with Gasteiger partial charge in [-0.25, -0.2) is 9.97 Å². The first kappa shape index (κ1) is 11.6. The van der Waals surface area contributed by atoms with Crippen molar-refractivity contribution in [2.24, 2.45) is 0 Å². The fraction of sp³-hybridized carbons (Fsp3) is 0.182. The van der Waals surface area contributed by atoms with Crippen LogP contribution in [0.4, 0.5) is 0 Å². The molecule has 88 valence electrons. The molecule has 0 aliphatic carbocycles. The molecule has 0 atom stereocenters. The molecule has 0 unspecified atom stereocenters. The van der Waals surface area contributed by atoms with Crippen molar-refractivity contribution >= 4 is 11.6 Å². The Balaban J connectivity index is 2.31. The van der Waals surface area contributed by atoms with E-state index in [0.717, 1.165) is 0 Å². The second-order valence-corrected chi connectivity index (χ2v) is 3.68. The fourth-order valence-electron chi connectivity index (χ4n) is 1.38. The minimum absolute atomic E-state index is 0.0459. The number of hydrogen-bond acceptors (Lipinski definition) is 4. The Hall–Kier alpha value is -1.88. The molecule has 0 saturated carbocycles. The van der Waals surface area contributed by atoms with Crippen molar-refractivity contribution in [3.63, 3.8) is 0 Å². The molecule has 5 nitrogen and oxygen atoms in total. The van der Waals surface area contributed by atoms with Gasteiger partial charge in [-0.3, -0.25) is 4.79 Å². The standard InChI is InChI=1S/C11H10ClN3O2/c1-17-9-4-2-3-8(14-9)7-15-6-5-13-10(12)11(15)16/h2-6H,7H2,1H3. The third-order valence-electron chi connectivity index (χ3n) is 2.19. The van der Waals surface area contributed by atoms with E-state index in [1.165, 1.54) is 10.8 Å². The first-order chi connectivity index (χ1) is 8.20. The average Bonchev–Trinajstić information content (AvgIpc) is 2.35. The molecule has 2 rings (SSSR count). The van der Waals surface area contributed by atoms with Crippen molar-refractivity contribution < 1.29 is 4.74 Å². The smallest absolute Gasteiger partial charge is 0.288 e. The molecule has 0 N–H and O–H groups in total. The predicted molar refractivity (Wildman–Crippen MR) is 63.4 cm³/mol. The largest absolute Gasteiger partial charge is 0.481 e. The Bertz CT molecular complexity index is 583. The highest BCUT2D eigenvalue weighted by molar-refractivity contribution is 6.29. The highest BCUT2D eigenvalue weighted by Gasteiger charge is 2.04. The molecule has 17 heavy (non-hydrogen) atoms. The van der Waals surface area contributed by atoms with Gasteiger partial charge in [0.2, 0.25) is 5.88 Å². The summed E-state index contributed by atoms with van der Waals surface area (Å²) in [5.41, 5.74) is 0.382. The first-order valence-corrected chi connectivity index (χ1v) is 5.29. The molecule has 0 radical (unpaired) electrons. The average molecular weight is 252 g/mol. The topological polar surface area (TPSA) is 57.0 Å². The third-order valence-corrected chi connectivity index (χ3v) is 2.45. The maximum absolute atomic E-state index is 11.6. The molecule has 0 aromatic carbocycles. The van der Waals surface area contributed by atoms with Gasteiger partial charge in [-0.15, -0.1) is 0 Å². The minimum atomic E-state index is -0.334. The van der Waals surface area contributed by atoms with Gasteiger partial charge in [0.25, 0.3) is 5.56 Å². The van der Waals surface area contributed by atoms with E-state index in [4.69, 9.17) is 16.3 Å². The lowest BCUT2D eigenvalue weighted by Crippen LogP contribution is -2.21. The van der Waals surface area contributed by atoms with Crippen molar-refractivity contribution in [1.29, 1.82) is 0 Å². The van der Waals surface area contributed by atoms with Crippen LogP contribution in [0.3, 0.4) is 0 Å². The lowest BCUT2D eigenvalue weighted by Gasteiger charge is -2.06. The van der Waals surface area contributed by atoms with Gasteiger partial charge in [0.15, 0.2) is 5.15 Å². The second-order valence-electron chi connectivity index (χ2n) is 3.32. The molecule has 0 fully saturated rings. The van der Waals surface area contributed by atoms with Crippen molar-refractivity contribution in [1.82, 2.24) is 14.5 Å².